The molecular formula is C22H20N2O8. The summed E-state index contributed by atoms with van der Waals surface area (Å²) in [5.74, 6) is -2.94. The Hall–Kier alpha value is -4.34. The van der Waals surface area contributed by atoms with Gasteiger partial charge in [0.25, 0.3) is 5.69 Å². The van der Waals surface area contributed by atoms with Crippen LogP contribution in [0.1, 0.15) is 35.7 Å². The highest BCUT2D eigenvalue weighted by Gasteiger charge is 2.16. The van der Waals surface area contributed by atoms with Gasteiger partial charge in [0.15, 0.2) is 5.78 Å². The molecule has 10 nitrogen and oxygen atoms in total. The molecule has 0 bridgehead atoms. The number of Topliss-reactive ketones (excluding diaryl/α,β-unsaturated/α-hetero) is 1. The monoisotopic (exact) mass is 440 g/mol. The van der Waals surface area contributed by atoms with E-state index >= 15 is 0 Å². The lowest BCUT2D eigenvalue weighted by molar-refractivity contribution is -0.384. The predicted octanol–water partition coefficient (Wildman–Crippen LogP) is 3.23. The average Bonchev–Trinajstić information content (AvgIpc) is 2.72. The maximum atomic E-state index is 12.3. The van der Waals surface area contributed by atoms with Crippen LogP contribution < -0.4 is 5.32 Å². The summed E-state index contributed by atoms with van der Waals surface area (Å²) in [6, 6.07) is 11.5. The van der Waals surface area contributed by atoms with Crippen molar-refractivity contribution in [2.75, 3.05) is 11.9 Å². The number of nitro groups is 1. The Kier molecular flexibility index (Phi) is 8.35. The van der Waals surface area contributed by atoms with Gasteiger partial charge in [-0.05, 0) is 41.5 Å². The number of hydrogen-bond donors (Lipinski definition) is 2. The Morgan fingerprint density at radius 2 is 1.81 bits per heavy atom. The Labute approximate surface area is 182 Å². The third kappa shape index (κ3) is 7.48. The maximum absolute atomic E-state index is 12.3. The number of ether oxygens (including phenoxy) is 1. The zero-order chi connectivity index (χ0) is 23.7. The summed E-state index contributed by atoms with van der Waals surface area (Å²) in [5, 5.41) is 22.4. The van der Waals surface area contributed by atoms with Gasteiger partial charge in [0.2, 0.25) is 5.91 Å². The first kappa shape index (κ1) is 23.9. The van der Waals surface area contributed by atoms with Crippen LogP contribution in [0.3, 0.4) is 0 Å². The minimum Gasteiger partial charge on any atom is -0.481 e. The largest absolute Gasteiger partial charge is 0.481 e. The molecule has 2 N–H and O–H groups in total. The average molecular weight is 440 g/mol. The third-order valence-electron chi connectivity index (χ3n) is 4.14. The minimum atomic E-state index is -1.32. The molecule has 0 aromatic heterocycles. The Morgan fingerprint density at radius 1 is 1.12 bits per heavy atom. The van der Waals surface area contributed by atoms with Crippen molar-refractivity contribution in [1.29, 1.82) is 0 Å². The molecule has 0 saturated carbocycles. The van der Waals surface area contributed by atoms with Gasteiger partial charge in [0.1, 0.15) is 6.42 Å². The van der Waals surface area contributed by atoms with Gasteiger partial charge >= 0.3 is 11.9 Å². The van der Waals surface area contributed by atoms with Gasteiger partial charge in [-0.15, -0.1) is 0 Å². The lowest BCUT2D eigenvalue weighted by atomic mass is 10.0. The Morgan fingerprint density at radius 3 is 2.41 bits per heavy atom. The molecule has 0 aliphatic rings. The second-order valence-corrected chi connectivity index (χ2v) is 6.66. The van der Waals surface area contributed by atoms with Crippen molar-refractivity contribution in [2.24, 2.45) is 0 Å². The van der Waals surface area contributed by atoms with Gasteiger partial charge in [-0.3, -0.25) is 24.5 Å². The number of carboxylic acid groups (broad SMARTS) is 1. The molecule has 0 unspecified atom stereocenters. The number of anilines is 1. The number of ketones is 1. The molecule has 32 heavy (non-hydrogen) atoms. The summed E-state index contributed by atoms with van der Waals surface area (Å²) in [5.41, 5.74) is 0.947. The first-order chi connectivity index (χ1) is 15.2. The molecule has 2 rings (SSSR count). The molecule has 0 heterocycles. The van der Waals surface area contributed by atoms with Crippen LogP contribution in [0, 0.1) is 10.1 Å². The van der Waals surface area contributed by atoms with Gasteiger partial charge in [-0.25, -0.2) is 4.79 Å². The van der Waals surface area contributed by atoms with Crippen LogP contribution in [-0.2, 0) is 19.1 Å². The highest BCUT2D eigenvalue weighted by atomic mass is 16.6. The van der Waals surface area contributed by atoms with E-state index in [0.29, 0.717) is 11.3 Å². The van der Waals surface area contributed by atoms with E-state index in [4.69, 9.17) is 9.84 Å². The molecule has 2 aromatic carbocycles. The third-order valence-corrected chi connectivity index (χ3v) is 4.14. The number of carboxylic acids is 1. The van der Waals surface area contributed by atoms with Crippen molar-refractivity contribution < 1.29 is 33.9 Å². The van der Waals surface area contributed by atoms with Crippen LogP contribution >= 0.6 is 0 Å². The maximum Gasteiger partial charge on any atom is 0.338 e. The second-order valence-electron chi connectivity index (χ2n) is 6.66. The zero-order valence-electron chi connectivity index (χ0n) is 17.1. The van der Waals surface area contributed by atoms with Gasteiger partial charge in [0, 0.05) is 31.2 Å². The van der Waals surface area contributed by atoms with Crippen LogP contribution in [0.15, 0.2) is 54.1 Å². The molecule has 0 aliphatic carbocycles. The van der Waals surface area contributed by atoms with Crippen LogP contribution in [0.2, 0.25) is 0 Å². The number of nitrogens with zero attached hydrogens (tertiary/aromatic N) is 1. The highest BCUT2D eigenvalue weighted by Crippen LogP contribution is 2.19. The van der Waals surface area contributed by atoms with Crippen molar-refractivity contribution >= 4 is 41.1 Å². The van der Waals surface area contributed by atoms with E-state index in [1.165, 1.54) is 61.5 Å². The van der Waals surface area contributed by atoms with E-state index in [9.17, 15) is 29.3 Å². The molecule has 0 radical (unpaired) electrons. The lowest BCUT2D eigenvalue weighted by Gasteiger charge is -2.08. The van der Waals surface area contributed by atoms with Gasteiger partial charge in [0.05, 0.1) is 17.1 Å². The summed E-state index contributed by atoms with van der Waals surface area (Å²) >= 11 is 0. The minimum absolute atomic E-state index is 0.0571. The lowest BCUT2D eigenvalue weighted by Crippen LogP contribution is -2.13. The van der Waals surface area contributed by atoms with E-state index in [1.54, 1.807) is 0 Å². The fourth-order valence-electron chi connectivity index (χ4n) is 2.70. The predicted molar refractivity (Wildman–Crippen MR) is 114 cm³/mol. The molecule has 0 atom stereocenters. The van der Waals surface area contributed by atoms with Gasteiger partial charge < -0.3 is 15.2 Å². The first-order valence-corrected chi connectivity index (χ1v) is 9.40. The number of nitro benzene ring substituents is 1. The molecular weight excluding hydrogens is 420 g/mol. The Balaban J connectivity index is 2.09. The van der Waals surface area contributed by atoms with Crippen LogP contribution in [0.25, 0.3) is 6.08 Å². The van der Waals surface area contributed by atoms with Gasteiger partial charge in [-0.1, -0.05) is 12.1 Å². The number of amides is 1. The van der Waals surface area contributed by atoms with E-state index in [-0.39, 0.29) is 35.8 Å². The summed E-state index contributed by atoms with van der Waals surface area (Å²) in [6.07, 6.45) is 0.498. The van der Waals surface area contributed by atoms with Crippen LogP contribution in [-0.4, -0.2) is 40.3 Å². The molecule has 1 amide bonds. The normalized spacial score (nSPS) is 10.8. The topological polar surface area (TPSA) is 153 Å². The van der Waals surface area contributed by atoms with Crippen molar-refractivity contribution in [3.05, 3.63) is 75.3 Å². The fourth-order valence-corrected chi connectivity index (χ4v) is 2.70. The first-order valence-electron chi connectivity index (χ1n) is 9.40. The number of esters is 1. The standard InChI is InChI=1S/C22H20N2O8/c1-14(25)23-18-7-5-16(6-8-18)22(29)32-10-9-17(20(26)13-21(27)28)11-15-3-2-4-19(12-15)24(30)31/h2-8,11-12H,9-10,13H2,1H3,(H,23,25)(H,27,28). The van der Waals surface area contributed by atoms with Gasteiger partial charge in [-0.2, -0.15) is 0 Å². The van der Waals surface area contributed by atoms with E-state index in [1.807, 2.05) is 0 Å². The molecule has 0 aliphatic heterocycles. The summed E-state index contributed by atoms with van der Waals surface area (Å²) in [7, 11) is 0. The quantitative estimate of drug-likeness (QED) is 0.188. The van der Waals surface area contributed by atoms with Crippen molar-refractivity contribution in [2.45, 2.75) is 19.8 Å². The highest BCUT2D eigenvalue weighted by molar-refractivity contribution is 6.07. The molecule has 0 fully saturated rings. The number of non-ortho nitro benzene ring substituents is 1. The van der Waals surface area contributed by atoms with E-state index in [0.717, 1.165) is 0 Å². The number of benzene rings is 2. The Bertz CT molecular complexity index is 1070. The van der Waals surface area contributed by atoms with Crippen molar-refractivity contribution in [1.82, 2.24) is 0 Å². The molecule has 2 aromatic rings. The molecule has 0 spiro atoms. The fraction of sp³-hybridized carbons (Fsp3) is 0.182. The number of carbonyl (C=O) groups excluding carboxylic acids is 3. The van der Waals surface area contributed by atoms with Crippen LogP contribution in [0.5, 0.6) is 0 Å². The number of rotatable bonds is 10. The van der Waals surface area contributed by atoms with Crippen molar-refractivity contribution in [3.63, 3.8) is 0 Å². The van der Waals surface area contributed by atoms with Crippen LogP contribution in [0.4, 0.5) is 11.4 Å². The SMILES string of the molecule is CC(=O)Nc1ccc(C(=O)OCCC(=Cc2cccc([N+](=O)[O-])c2)C(=O)CC(=O)O)cc1. The number of hydrogen-bond acceptors (Lipinski definition) is 7. The smallest absolute Gasteiger partial charge is 0.338 e. The zero-order valence-corrected chi connectivity index (χ0v) is 17.1. The van der Waals surface area contributed by atoms with E-state index in [2.05, 4.69) is 5.32 Å². The van der Waals surface area contributed by atoms with Crippen molar-refractivity contribution in [3.8, 4) is 0 Å². The number of carbonyl (C=O) groups is 4. The number of aliphatic carboxylic acids is 1. The number of nitrogens with one attached hydrogen (secondary N) is 1. The molecule has 0 saturated heterocycles. The molecule has 166 valence electrons. The summed E-state index contributed by atoms with van der Waals surface area (Å²) < 4.78 is 5.16. The second kappa shape index (κ2) is 11.2. The summed E-state index contributed by atoms with van der Waals surface area (Å²) in [6.45, 7) is 1.14. The molecule has 10 heteroatoms. The van der Waals surface area contributed by atoms with E-state index < -0.39 is 29.1 Å². The summed E-state index contributed by atoms with van der Waals surface area (Å²) in [4.78, 5) is 56.8.